The second-order valence-electron chi connectivity index (χ2n) is 14.6. The Balaban J connectivity index is 0.000000177. The molecule has 7 rings (SSSR count). The minimum atomic E-state index is -0.159. The molecular formula is C44H59N3O5. The third-order valence-electron chi connectivity index (χ3n) is 9.70. The Labute approximate surface area is 311 Å². The number of hydrogen-bond donors (Lipinski definition) is 1. The SMILES string of the molecule is C1CCOC1.Cc1cc(N)ccc1OC1(C)CCN(CCOc2ccccc2)C1.Cc1ccccc1OC1(C)CCN(CCOc2ccccc2)C1. The van der Waals surface area contributed by atoms with Crippen molar-refractivity contribution in [2.75, 3.05) is 71.4 Å². The van der Waals surface area contributed by atoms with E-state index in [1.807, 2.05) is 97.9 Å². The third-order valence-corrected chi connectivity index (χ3v) is 9.70. The number of anilines is 1. The van der Waals surface area contributed by atoms with Crippen LogP contribution in [0.2, 0.25) is 0 Å². The van der Waals surface area contributed by atoms with Crippen molar-refractivity contribution in [3.05, 3.63) is 114 Å². The van der Waals surface area contributed by atoms with Crippen LogP contribution in [0.3, 0.4) is 0 Å². The number of nitrogens with two attached hydrogens (primary N) is 1. The molecule has 3 aliphatic rings. The molecule has 2 N–H and O–H groups in total. The Bertz CT molecular complexity index is 1610. The van der Waals surface area contributed by atoms with E-state index < -0.39 is 0 Å². The molecular weight excluding hydrogens is 651 g/mol. The highest BCUT2D eigenvalue weighted by atomic mass is 16.5. The van der Waals surface area contributed by atoms with Crippen LogP contribution in [0.25, 0.3) is 0 Å². The predicted octanol–water partition coefficient (Wildman–Crippen LogP) is 8.21. The molecule has 0 aromatic heterocycles. The van der Waals surface area contributed by atoms with E-state index in [0.717, 1.165) is 99.6 Å². The van der Waals surface area contributed by atoms with Gasteiger partial charge in [0.1, 0.15) is 47.4 Å². The second-order valence-corrected chi connectivity index (χ2v) is 14.6. The van der Waals surface area contributed by atoms with Crippen molar-refractivity contribution < 1.29 is 23.7 Å². The van der Waals surface area contributed by atoms with Gasteiger partial charge in [-0.2, -0.15) is 0 Å². The fraction of sp³-hybridized carbons (Fsp3) is 0.455. The third kappa shape index (κ3) is 12.8. The summed E-state index contributed by atoms with van der Waals surface area (Å²) < 4.78 is 29.1. The summed E-state index contributed by atoms with van der Waals surface area (Å²) in [7, 11) is 0. The van der Waals surface area contributed by atoms with Crippen molar-refractivity contribution in [1.29, 1.82) is 0 Å². The van der Waals surface area contributed by atoms with Crippen molar-refractivity contribution in [1.82, 2.24) is 9.80 Å². The van der Waals surface area contributed by atoms with Gasteiger partial charge in [-0.25, -0.2) is 0 Å². The molecule has 2 unspecified atom stereocenters. The van der Waals surface area contributed by atoms with E-state index in [1.165, 1.54) is 18.4 Å². The molecule has 3 aliphatic heterocycles. The first-order chi connectivity index (χ1) is 25.2. The molecule has 52 heavy (non-hydrogen) atoms. The van der Waals surface area contributed by atoms with Crippen LogP contribution in [0, 0.1) is 13.8 Å². The fourth-order valence-corrected chi connectivity index (χ4v) is 6.72. The maximum absolute atomic E-state index is 6.31. The molecule has 2 atom stereocenters. The van der Waals surface area contributed by atoms with E-state index in [1.54, 1.807) is 0 Å². The van der Waals surface area contributed by atoms with Crippen molar-refractivity contribution >= 4 is 5.69 Å². The smallest absolute Gasteiger partial charge is 0.123 e. The maximum Gasteiger partial charge on any atom is 0.123 e. The Morgan fingerprint density at radius 2 is 1.10 bits per heavy atom. The molecule has 0 aliphatic carbocycles. The molecule has 4 aromatic rings. The predicted molar refractivity (Wildman–Crippen MR) is 211 cm³/mol. The highest BCUT2D eigenvalue weighted by Gasteiger charge is 2.37. The number of hydrogen-bond acceptors (Lipinski definition) is 8. The molecule has 4 aromatic carbocycles. The highest BCUT2D eigenvalue weighted by Crippen LogP contribution is 2.31. The van der Waals surface area contributed by atoms with E-state index in [-0.39, 0.29) is 11.2 Å². The van der Waals surface area contributed by atoms with Crippen LogP contribution < -0.4 is 24.7 Å². The van der Waals surface area contributed by atoms with E-state index in [4.69, 9.17) is 29.4 Å². The van der Waals surface area contributed by atoms with Crippen LogP contribution in [0.5, 0.6) is 23.0 Å². The summed E-state index contributed by atoms with van der Waals surface area (Å²) in [4.78, 5) is 4.82. The topological polar surface area (TPSA) is 78.7 Å². The molecule has 0 spiro atoms. The lowest BCUT2D eigenvalue weighted by atomic mass is 10.1. The fourth-order valence-electron chi connectivity index (χ4n) is 6.72. The Kier molecular flexibility index (Phi) is 14.7. The van der Waals surface area contributed by atoms with Gasteiger partial charge in [-0.15, -0.1) is 0 Å². The number of ether oxygens (including phenoxy) is 5. The zero-order valence-corrected chi connectivity index (χ0v) is 31.7. The minimum Gasteiger partial charge on any atom is -0.492 e. The summed E-state index contributed by atoms with van der Waals surface area (Å²) in [6.45, 7) is 17.7. The number of rotatable bonds is 12. The first-order valence-corrected chi connectivity index (χ1v) is 18.9. The largest absolute Gasteiger partial charge is 0.492 e. The second kappa shape index (κ2) is 19.6. The number of likely N-dealkylation sites (tertiary alicyclic amines) is 2. The molecule has 0 amide bonds. The number of nitrogens with zero attached hydrogens (tertiary/aromatic N) is 2. The zero-order chi connectivity index (χ0) is 36.7. The summed E-state index contributed by atoms with van der Waals surface area (Å²) >= 11 is 0. The molecule has 8 heteroatoms. The lowest BCUT2D eigenvalue weighted by Crippen LogP contribution is -2.37. The summed E-state index contributed by atoms with van der Waals surface area (Å²) in [5.74, 6) is 3.78. The van der Waals surface area contributed by atoms with Crippen LogP contribution in [0.4, 0.5) is 5.69 Å². The molecule has 0 radical (unpaired) electrons. The van der Waals surface area contributed by atoms with Gasteiger partial charge < -0.3 is 29.4 Å². The Morgan fingerprint density at radius 3 is 1.56 bits per heavy atom. The molecule has 8 nitrogen and oxygen atoms in total. The van der Waals surface area contributed by atoms with Gasteiger partial charge in [0.25, 0.3) is 0 Å². The maximum atomic E-state index is 6.31. The van der Waals surface area contributed by atoms with Gasteiger partial charge in [0.2, 0.25) is 0 Å². The number of para-hydroxylation sites is 3. The molecule has 3 fully saturated rings. The van der Waals surface area contributed by atoms with Gasteiger partial charge in [0.15, 0.2) is 0 Å². The lowest BCUT2D eigenvalue weighted by molar-refractivity contribution is 0.0923. The van der Waals surface area contributed by atoms with Crippen LogP contribution in [-0.4, -0.2) is 86.7 Å². The summed E-state index contributed by atoms with van der Waals surface area (Å²) in [5.41, 5.74) is 8.60. The standard InChI is InChI=1S/C20H26N2O2.C20H25NO2.C4H8O/c1-16-14-17(21)8-9-19(16)24-20(2)10-11-22(15-20)12-13-23-18-6-4-3-5-7-18;1-17-8-6-7-11-19(17)23-20(2)12-13-21(16-20)14-15-22-18-9-4-3-5-10-18;1-2-4-5-3-1/h3-9,14H,10-13,15,21H2,1-2H3;3-11H,12-16H2,1-2H3;1-4H2. The van der Waals surface area contributed by atoms with Crippen molar-refractivity contribution in [2.24, 2.45) is 0 Å². The summed E-state index contributed by atoms with van der Waals surface area (Å²) in [6.07, 6.45) is 4.62. The van der Waals surface area contributed by atoms with Crippen molar-refractivity contribution in [3.63, 3.8) is 0 Å². The Morgan fingerprint density at radius 1 is 0.615 bits per heavy atom. The molecule has 3 heterocycles. The molecule has 0 saturated carbocycles. The van der Waals surface area contributed by atoms with Gasteiger partial charge in [-0.05, 0) is 100 Å². The normalized spacial score (nSPS) is 21.4. The number of aryl methyl sites for hydroxylation is 2. The quantitative estimate of drug-likeness (QED) is 0.148. The number of nitrogen functional groups attached to an aromatic ring is 1. The average molecular weight is 710 g/mol. The zero-order valence-electron chi connectivity index (χ0n) is 31.7. The van der Waals surface area contributed by atoms with E-state index in [0.29, 0.717) is 13.2 Å². The van der Waals surface area contributed by atoms with Gasteiger partial charge in [-0.3, -0.25) is 9.80 Å². The van der Waals surface area contributed by atoms with Crippen LogP contribution in [0.15, 0.2) is 103 Å². The van der Waals surface area contributed by atoms with E-state index >= 15 is 0 Å². The van der Waals surface area contributed by atoms with Gasteiger partial charge >= 0.3 is 0 Å². The van der Waals surface area contributed by atoms with Gasteiger partial charge in [0.05, 0.1) is 0 Å². The minimum absolute atomic E-state index is 0.112. The first-order valence-electron chi connectivity index (χ1n) is 18.9. The van der Waals surface area contributed by atoms with Crippen LogP contribution >= 0.6 is 0 Å². The van der Waals surface area contributed by atoms with Crippen LogP contribution in [0.1, 0.15) is 50.7 Å². The summed E-state index contributed by atoms with van der Waals surface area (Å²) in [5, 5.41) is 0. The van der Waals surface area contributed by atoms with Crippen LogP contribution in [-0.2, 0) is 4.74 Å². The van der Waals surface area contributed by atoms with Crippen molar-refractivity contribution in [3.8, 4) is 23.0 Å². The molecule has 280 valence electrons. The molecule has 3 saturated heterocycles. The van der Waals surface area contributed by atoms with Gasteiger partial charge in [-0.1, -0.05) is 54.6 Å². The summed E-state index contributed by atoms with van der Waals surface area (Å²) in [6, 6.07) is 34.0. The van der Waals surface area contributed by atoms with E-state index in [9.17, 15) is 0 Å². The van der Waals surface area contributed by atoms with E-state index in [2.05, 4.69) is 42.7 Å². The first kappa shape index (κ1) is 39.0. The average Bonchev–Trinajstić information content (AvgIpc) is 3.92. The van der Waals surface area contributed by atoms with Gasteiger partial charge in [0, 0.05) is 71.0 Å². The molecule has 0 bridgehead atoms. The number of benzene rings is 4. The highest BCUT2D eigenvalue weighted by molar-refractivity contribution is 5.47. The Hall–Kier alpha value is -4.24. The lowest BCUT2D eigenvalue weighted by Gasteiger charge is -2.27. The monoisotopic (exact) mass is 709 g/mol. The van der Waals surface area contributed by atoms with Crippen molar-refractivity contribution in [2.45, 2.75) is 64.6 Å².